The minimum Gasteiger partial charge on any atom is -0.493 e. The number of aromatic hydroxyl groups is 1. The molecular formula is C21H16N4O3S2. The van der Waals surface area contributed by atoms with Gasteiger partial charge in [0.15, 0.2) is 10.2 Å². The maximum atomic E-state index is 12.3. The molecule has 0 aliphatic heterocycles. The monoisotopic (exact) mass is 436 g/mol. The molecule has 4 rings (SSSR count). The molecule has 2 heterocycles. The Labute approximate surface area is 179 Å². The summed E-state index contributed by atoms with van der Waals surface area (Å²) in [7, 11) is 0. The van der Waals surface area contributed by atoms with Crippen LogP contribution in [0, 0.1) is 0 Å². The highest BCUT2D eigenvalue weighted by Gasteiger charge is 2.16. The van der Waals surface area contributed by atoms with Gasteiger partial charge in [0.05, 0.1) is 10.6 Å². The first-order valence-electron chi connectivity index (χ1n) is 8.86. The minimum atomic E-state index is -0.732. The van der Waals surface area contributed by atoms with Gasteiger partial charge < -0.3 is 5.11 Å². The molecule has 7 nitrogen and oxygen atoms in total. The van der Waals surface area contributed by atoms with E-state index in [4.69, 9.17) is 0 Å². The van der Waals surface area contributed by atoms with E-state index in [1.165, 1.54) is 29.3 Å². The Morgan fingerprint density at radius 3 is 2.43 bits per heavy atom. The number of hydrogen-bond acceptors (Lipinski definition) is 7. The molecule has 2 aromatic heterocycles. The molecule has 0 spiro atoms. The van der Waals surface area contributed by atoms with Gasteiger partial charge in [0.25, 0.3) is 5.56 Å². The average molecular weight is 437 g/mol. The molecule has 4 aromatic rings. The van der Waals surface area contributed by atoms with Crippen molar-refractivity contribution in [3.05, 3.63) is 87.1 Å². The molecule has 0 bridgehead atoms. The zero-order chi connectivity index (χ0) is 21.1. The number of thioether (sulfide) groups is 1. The summed E-state index contributed by atoms with van der Waals surface area (Å²) in [5, 5.41) is 10.6. The number of thiazole rings is 1. The third kappa shape index (κ3) is 3.85. The maximum absolute atomic E-state index is 12.3. The van der Waals surface area contributed by atoms with E-state index in [0.717, 1.165) is 19.3 Å². The Balaban J connectivity index is 1.82. The molecule has 2 aromatic carbocycles. The van der Waals surface area contributed by atoms with Crippen molar-refractivity contribution in [2.24, 2.45) is 4.99 Å². The fraction of sp³-hybridized carbons (Fsp3) is 0.0476. The number of nitrogens with zero attached hydrogens (tertiary/aromatic N) is 3. The Hall–Kier alpha value is -3.43. The molecule has 0 unspecified atom stereocenters. The van der Waals surface area contributed by atoms with Crippen LogP contribution in [0.5, 0.6) is 5.88 Å². The van der Waals surface area contributed by atoms with Crippen molar-refractivity contribution in [3.63, 3.8) is 0 Å². The smallest absolute Gasteiger partial charge is 0.335 e. The van der Waals surface area contributed by atoms with Crippen LogP contribution >= 0.6 is 23.1 Å². The number of aromatic nitrogens is 3. The van der Waals surface area contributed by atoms with Gasteiger partial charge in [0, 0.05) is 6.21 Å². The first-order valence-corrected chi connectivity index (χ1v) is 10.9. The molecule has 0 aliphatic rings. The van der Waals surface area contributed by atoms with Crippen LogP contribution in [0.1, 0.15) is 5.56 Å². The Kier molecular flexibility index (Phi) is 5.64. The zero-order valence-corrected chi connectivity index (χ0v) is 17.4. The molecule has 0 fully saturated rings. The predicted octanol–water partition coefficient (Wildman–Crippen LogP) is 3.83. The Bertz CT molecular complexity index is 1330. The molecule has 150 valence electrons. The highest BCUT2D eigenvalue weighted by atomic mass is 32.2. The number of rotatable bonds is 5. The average Bonchev–Trinajstić information content (AvgIpc) is 3.18. The highest BCUT2D eigenvalue weighted by Crippen LogP contribution is 2.38. The SMILES string of the molecule is CSc1nc(N=Cc2c(O)n(-c3ccccc3)c(=O)[nH]c2=O)c(-c2ccccc2)s1. The molecule has 0 radical (unpaired) electrons. The van der Waals surface area contributed by atoms with E-state index in [0.29, 0.717) is 11.5 Å². The number of para-hydroxylation sites is 1. The van der Waals surface area contributed by atoms with Crippen LogP contribution in [0.4, 0.5) is 5.82 Å². The number of hydrogen-bond donors (Lipinski definition) is 2. The summed E-state index contributed by atoms with van der Waals surface area (Å²) in [4.78, 5) is 36.5. The van der Waals surface area contributed by atoms with Gasteiger partial charge in [-0.25, -0.2) is 19.3 Å². The zero-order valence-electron chi connectivity index (χ0n) is 15.8. The second-order valence-corrected chi connectivity index (χ2v) is 8.18. The number of H-pyrrole nitrogens is 1. The second kappa shape index (κ2) is 8.52. The van der Waals surface area contributed by atoms with E-state index in [1.54, 1.807) is 30.3 Å². The highest BCUT2D eigenvalue weighted by molar-refractivity contribution is 8.00. The van der Waals surface area contributed by atoms with Crippen LogP contribution in [0.3, 0.4) is 0 Å². The van der Waals surface area contributed by atoms with E-state index in [9.17, 15) is 14.7 Å². The predicted molar refractivity (Wildman–Crippen MR) is 121 cm³/mol. The lowest BCUT2D eigenvalue weighted by molar-refractivity contribution is 0.430. The lowest BCUT2D eigenvalue weighted by atomic mass is 10.2. The molecule has 9 heteroatoms. The van der Waals surface area contributed by atoms with E-state index >= 15 is 0 Å². The quantitative estimate of drug-likeness (QED) is 0.366. The molecule has 0 amide bonds. The number of benzene rings is 2. The van der Waals surface area contributed by atoms with E-state index < -0.39 is 17.1 Å². The van der Waals surface area contributed by atoms with Gasteiger partial charge in [0.2, 0.25) is 5.88 Å². The summed E-state index contributed by atoms with van der Waals surface area (Å²) in [5.74, 6) is -0.0490. The first kappa shape index (κ1) is 19.9. The van der Waals surface area contributed by atoms with Crippen molar-refractivity contribution in [1.82, 2.24) is 14.5 Å². The van der Waals surface area contributed by atoms with Crippen LogP contribution in [0.25, 0.3) is 16.1 Å². The lowest BCUT2D eigenvalue weighted by Gasteiger charge is -2.09. The number of aromatic amines is 1. The van der Waals surface area contributed by atoms with E-state index in [1.807, 2.05) is 36.6 Å². The van der Waals surface area contributed by atoms with Crippen molar-refractivity contribution in [3.8, 4) is 22.0 Å². The van der Waals surface area contributed by atoms with Crippen molar-refractivity contribution >= 4 is 35.1 Å². The van der Waals surface area contributed by atoms with Gasteiger partial charge in [0.1, 0.15) is 5.56 Å². The maximum Gasteiger partial charge on any atom is 0.335 e. The third-order valence-corrected chi connectivity index (χ3v) is 6.33. The molecule has 0 saturated heterocycles. The lowest BCUT2D eigenvalue weighted by Crippen LogP contribution is -2.31. The third-order valence-electron chi connectivity index (χ3n) is 4.25. The van der Waals surface area contributed by atoms with E-state index in [-0.39, 0.29) is 5.56 Å². The largest absolute Gasteiger partial charge is 0.493 e. The second-order valence-electron chi connectivity index (χ2n) is 6.13. The molecular weight excluding hydrogens is 420 g/mol. The summed E-state index contributed by atoms with van der Waals surface area (Å²) in [6, 6.07) is 18.2. The molecule has 0 atom stereocenters. The molecule has 2 N–H and O–H groups in total. The topological polar surface area (TPSA) is 100 Å². The van der Waals surface area contributed by atoms with Crippen LogP contribution in [0.2, 0.25) is 0 Å². The van der Waals surface area contributed by atoms with Crippen molar-refractivity contribution in [2.45, 2.75) is 4.34 Å². The van der Waals surface area contributed by atoms with Crippen LogP contribution < -0.4 is 11.2 Å². The summed E-state index contributed by atoms with van der Waals surface area (Å²) in [6.07, 6.45) is 3.16. The van der Waals surface area contributed by atoms with Gasteiger partial charge in [-0.2, -0.15) is 0 Å². The molecule has 0 saturated carbocycles. The summed E-state index contributed by atoms with van der Waals surface area (Å²) in [6.45, 7) is 0. The van der Waals surface area contributed by atoms with E-state index in [2.05, 4.69) is 15.0 Å². The Morgan fingerprint density at radius 2 is 1.77 bits per heavy atom. The van der Waals surface area contributed by atoms with Crippen molar-refractivity contribution in [1.29, 1.82) is 0 Å². The van der Waals surface area contributed by atoms with Crippen LogP contribution in [-0.2, 0) is 0 Å². The summed E-state index contributed by atoms with van der Waals surface area (Å²) < 4.78 is 1.85. The van der Waals surface area contributed by atoms with Crippen LogP contribution in [-0.4, -0.2) is 32.1 Å². The van der Waals surface area contributed by atoms with Gasteiger partial charge >= 0.3 is 5.69 Å². The number of nitrogens with one attached hydrogen (secondary N) is 1. The fourth-order valence-electron chi connectivity index (χ4n) is 2.84. The van der Waals surface area contributed by atoms with Crippen molar-refractivity contribution < 1.29 is 5.11 Å². The molecule has 30 heavy (non-hydrogen) atoms. The Morgan fingerprint density at radius 1 is 1.10 bits per heavy atom. The van der Waals surface area contributed by atoms with Gasteiger partial charge in [-0.15, -0.1) is 11.3 Å². The normalized spacial score (nSPS) is 11.2. The fourth-order valence-corrected chi connectivity index (χ4v) is 4.35. The van der Waals surface area contributed by atoms with Crippen LogP contribution in [0.15, 0.2) is 79.6 Å². The summed E-state index contributed by atoms with van der Waals surface area (Å²) >= 11 is 2.99. The standard InChI is InChI=1S/C21H16N4O3S2/c1-29-21-23-17(16(30-21)13-8-4-2-5-9-13)22-12-15-18(26)24-20(28)25(19(15)27)14-10-6-3-7-11-14/h2-12,27H,1H3,(H,24,26,28). The first-order chi connectivity index (χ1) is 14.6. The van der Waals surface area contributed by atoms with Gasteiger partial charge in [-0.1, -0.05) is 60.3 Å². The minimum absolute atomic E-state index is 0.129. The van der Waals surface area contributed by atoms with Gasteiger partial charge in [-0.05, 0) is 24.0 Å². The number of aliphatic imine (C=N–C) groups is 1. The molecule has 0 aliphatic carbocycles. The van der Waals surface area contributed by atoms with Gasteiger partial charge in [-0.3, -0.25) is 9.78 Å². The summed E-state index contributed by atoms with van der Waals surface area (Å²) in [5.41, 5.74) is -0.209. The van der Waals surface area contributed by atoms with Crippen molar-refractivity contribution in [2.75, 3.05) is 6.26 Å².